The summed E-state index contributed by atoms with van der Waals surface area (Å²) < 4.78 is 25.8. The summed E-state index contributed by atoms with van der Waals surface area (Å²) in [6.07, 6.45) is 13.3. The van der Waals surface area contributed by atoms with Crippen LogP contribution in [0.25, 0.3) is 0 Å². The molecule has 2 N–H and O–H groups in total. The SMILES string of the molecule is CCCCCCCC(=O)OC[C@H](COP(=O)(O)O)OC(=O)CCCCCCCCCC(C)C. The van der Waals surface area contributed by atoms with Gasteiger partial charge in [-0.1, -0.05) is 91.4 Å². The minimum Gasteiger partial charge on any atom is -0.462 e. The van der Waals surface area contributed by atoms with Gasteiger partial charge in [0.1, 0.15) is 6.61 Å². The molecule has 0 aromatic carbocycles. The van der Waals surface area contributed by atoms with Crippen LogP contribution in [0.15, 0.2) is 0 Å². The number of rotatable bonds is 22. The van der Waals surface area contributed by atoms with Crippen molar-refractivity contribution in [1.82, 2.24) is 0 Å². The number of carbonyl (C=O) groups excluding carboxylic acids is 2. The van der Waals surface area contributed by atoms with Gasteiger partial charge < -0.3 is 19.3 Å². The molecular formula is C24H47O8P. The lowest BCUT2D eigenvalue weighted by Gasteiger charge is -2.18. The van der Waals surface area contributed by atoms with Gasteiger partial charge in [-0.05, 0) is 18.8 Å². The van der Waals surface area contributed by atoms with Gasteiger partial charge in [0, 0.05) is 12.8 Å². The van der Waals surface area contributed by atoms with Gasteiger partial charge in [0.15, 0.2) is 6.10 Å². The van der Waals surface area contributed by atoms with Gasteiger partial charge in [0.2, 0.25) is 0 Å². The molecule has 0 aliphatic carbocycles. The van der Waals surface area contributed by atoms with Crippen molar-refractivity contribution < 1.29 is 37.9 Å². The van der Waals surface area contributed by atoms with Crippen LogP contribution >= 0.6 is 7.82 Å². The molecule has 0 saturated carbocycles. The van der Waals surface area contributed by atoms with E-state index >= 15 is 0 Å². The number of phosphoric ester groups is 1. The molecule has 0 radical (unpaired) electrons. The highest BCUT2D eigenvalue weighted by Gasteiger charge is 2.22. The fraction of sp³-hybridized carbons (Fsp3) is 0.917. The van der Waals surface area contributed by atoms with Crippen LogP contribution in [0.2, 0.25) is 0 Å². The van der Waals surface area contributed by atoms with Crippen LogP contribution in [0.4, 0.5) is 0 Å². The van der Waals surface area contributed by atoms with Crippen molar-refractivity contribution in [2.75, 3.05) is 13.2 Å². The topological polar surface area (TPSA) is 119 Å². The molecule has 0 unspecified atom stereocenters. The molecule has 0 heterocycles. The molecular weight excluding hydrogens is 447 g/mol. The highest BCUT2D eigenvalue weighted by atomic mass is 31.2. The largest absolute Gasteiger partial charge is 0.469 e. The molecule has 0 aromatic heterocycles. The third-order valence-corrected chi connectivity index (χ3v) is 5.79. The number of esters is 2. The Morgan fingerprint density at radius 2 is 1.27 bits per heavy atom. The summed E-state index contributed by atoms with van der Waals surface area (Å²) in [5, 5.41) is 0. The first kappa shape index (κ1) is 32.0. The van der Waals surface area contributed by atoms with Crippen LogP contribution in [-0.2, 0) is 28.2 Å². The fourth-order valence-electron chi connectivity index (χ4n) is 3.38. The Bertz CT molecular complexity index is 547. The molecule has 0 saturated heterocycles. The second-order valence-electron chi connectivity index (χ2n) is 9.15. The Kier molecular flexibility index (Phi) is 19.8. The van der Waals surface area contributed by atoms with Crippen LogP contribution in [-0.4, -0.2) is 41.0 Å². The third-order valence-electron chi connectivity index (χ3n) is 5.30. The highest BCUT2D eigenvalue weighted by molar-refractivity contribution is 7.46. The molecule has 0 fully saturated rings. The van der Waals surface area contributed by atoms with Gasteiger partial charge in [-0.25, -0.2) is 4.57 Å². The predicted molar refractivity (Wildman–Crippen MR) is 129 cm³/mol. The summed E-state index contributed by atoms with van der Waals surface area (Å²) in [5.41, 5.74) is 0. The Hall–Kier alpha value is -0.950. The lowest BCUT2D eigenvalue weighted by atomic mass is 10.0. The Labute approximate surface area is 200 Å². The van der Waals surface area contributed by atoms with Crippen LogP contribution in [0.3, 0.4) is 0 Å². The second kappa shape index (κ2) is 20.4. The zero-order chi connectivity index (χ0) is 25.0. The highest BCUT2D eigenvalue weighted by Crippen LogP contribution is 2.35. The quantitative estimate of drug-likeness (QED) is 0.106. The first-order valence-corrected chi connectivity index (χ1v) is 14.2. The normalized spacial score (nSPS) is 12.7. The minimum atomic E-state index is -4.72. The van der Waals surface area contributed by atoms with Gasteiger partial charge in [0.25, 0.3) is 0 Å². The van der Waals surface area contributed by atoms with Gasteiger partial charge in [0.05, 0.1) is 6.61 Å². The summed E-state index contributed by atoms with van der Waals surface area (Å²) >= 11 is 0. The number of hydrogen-bond acceptors (Lipinski definition) is 6. The molecule has 0 aromatic rings. The number of unbranched alkanes of at least 4 members (excludes halogenated alkanes) is 10. The molecule has 0 aliphatic rings. The van der Waals surface area contributed by atoms with Crippen LogP contribution in [0.5, 0.6) is 0 Å². The zero-order valence-corrected chi connectivity index (χ0v) is 21.9. The van der Waals surface area contributed by atoms with E-state index in [0.29, 0.717) is 6.42 Å². The minimum absolute atomic E-state index is 0.213. The van der Waals surface area contributed by atoms with Gasteiger partial charge >= 0.3 is 19.8 Å². The number of carbonyl (C=O) groups is 2. The average Bonchev–Trinajstić information content (AvgIpc) is 2.73. The number of phosphoric acid groups is 1. The molecule has 8 nitrogen and oxygen atoms in total. The van der Waals surface area contributed by atoms with E-state index in [1.807, 2.05) is 0 Å². The van der Waals surface area contributed by atoms with E-state index in [9.17, 15) is 14.2 Å². The maximum Gasteiger partial charge on any atom is 0.469 e. The molecule has 0 aliphatic heterocycles. The molecule has 0 amide bonds. The molecule has 33 heavy (non-hydrogen) atoms. The average molecular weight is 495 g/mol. The molecule has 0 rings (SSSR count). The van der Waals surface area contributed by atoms with Crippen molar-refractivity contribution in [3.8, 4) is 0 Å². The molecule has 0 bridgehead atoms. The smallest absolute Gasteiger partial charge is 0.462 e. The lowest BCUT2D eigenvalue weighted by Crippen LogP contribution is -2.29. The summed E-state index contributed by atoms with van der Waals surface area (Å²) in [5.74, 6) is -0.148. The van der Waals surface area contributed by atoms with E-state index in [1.165, 1.54) is 25.7 Å². The second-order valence-corrected chi connectivity index (χ2v) is 10.4. The predicted octanol–water partition coefficient (Wildman–Crippen LogP) is 6.08. The van der Waals surface area contributed by atoms with Crippen LogP contribution in [0.1, 0.15) is 117 Å². The first-order chi connectivity index (χ1) is 15.6. The maximum atomic E-state index is 12.1. The van der Waals surface area contributed by atoms with Crippen molar-refractivity contribution in [1.29, 1.82) is 0 Å². The lowest BCUT2D eigenvalue weighted by molar-refractivity contribution is -0.161. The van der Waals surface area contributed by atoms with Crippen molar-refractivity contribution in [2.45, 2.75) is 123 Å². The standard InChI is InChI=1S/C24H47O8P/c1-4-5-6-10-14-17-23(25)30-19-22(20-31-33(27,28)29)32-24(26)18-15-12-9-7-8-11-13-16-21(2)3/h21-22H,4-20H2,1-3H3,(H2,27,28,29)/t22-/m1/s1. The van der Waals surface area contributed by atoms with Crippen LogP contribution in [0, 0.1) is 5.92 Å². The third kappa shape index (κ3) is 24.0. The summed E-state index contributed by atoms with van der Waals surface area (Å²) in [6.45, 7) is 5.78. The molecule has 0 spiro atoms. The van der Waals surface area contributed by atoms with Crippen molar-refractivity contribution in [3.05, 3.63) is 0 Å². The molecule has 1 atom stereocenters. The van der Waals surface area contributed by atoms with Crippen molar-refractivity contribution in [3.63, 3.8) is 0 Å². The van der Waals surface area contributed by atoms with E-state index in [2.05, 4.69) is 25.3 Å². The Balaban J connectivity index is 4.13. The van der Waals surface area contributed by atoms with E-state index in [-0.39, 0.29) is 19.4 Å². The zero-order valence-electron chi connectivity index (χ0n) is 21.0. The van der Waals surface area contributed by atoms with Gasteiger partial charge in [-0.15, -0.1) is 0 Å². The van der Waals surface area contributed by atoms with E-state index in [1.54, 1.807) is 0 Å². The summed E-state index contributed by atoms with van der Waals surface area (Å²) in [6, 6.07) is 0. The monoisotopic (exact) mass is 494 g/mol. The van der Waals surface area contributed by atoms with E-state index in [0.717, 1.165) is 57.3 Å². The maximum absolute atomic E-state index is 12.1. The summed E-state index contributed by atoms with van der Waals surface area (Å²) in [7, 11) is -4.72. The molecule has 9 heteroatoms. The fourth-order valence-corrected chi connectivity index (χ4v) is 3.74. The summed E-state index contributed by atoms with van der Waals surface area (Å²) in [4.78, 5) is 41.8. The number of hydrogen-bond donors (Lipinski definition) is 2. The van der Waals surface area contributed by atoms with E-state index in [4.69, 9.17) is 19.3 Å². The van der Waals surface area contributed by atoms with Crippen LogP contribution < -0.4 is 0 Å². The Morgan fingerprint density at radius 3 is 1.82 bits per heavy atom. The number of ether oxygens (including phenoxy) is 2. The Morgan fingerprint density at radius 1 is 0.758 bits per heavy atom. The van der Waals surface area contributed by atoms with Crippen molar-refractivity contribution in [2.24, 2.45) is 5.92 Å². The first-order valence-electron chi connectivity index (χ1n) is 12.7. The van der Waals surface area contributed by atoms with Crippen molar-refractivity contribution >= 4 is 19.8 Å². The van der Waals surface area contributed by atoms with E-state index < -0.39 is 32.5 Å². The van der Waals surface area contributed by atoms with Gasteiger partial charge in [-0.2, -0.15) is 0 Å². The van der Waals surface area contributed by atoms with Gasteiger partial charge in [-0.3, -0.25) is 14.1 Å². The molecule has 196 valence electrons.